The highest BCUT2D eigenvalue weighted by Crippen LogP contribution is 2.43. The van der Waals surface area contributed by atoms with Gasteiger partial charge in [0.1, 0.15) is 0 Å². The van der Waals surface area contributed by atoms with Crippen LogP contribution in [-0.2, 0) is 19.1 Å². The highest BCUT2D eigenvalue weighted by Gasteiger charge is 2.48. The molecule has 1 aliphatic heterocycles. The monoisotopic (exact) mass is 443 g/mol. The predicted molar refractivity (Wildman–Crippen MR) is 126 cm³/mol. The Morgan fingerprint density at radius 2 is 1.79 bits per heavy atom. The Labute approximate surface area is 191 Å². The van der Waals surface area contributed by atoms with E-state index in [0.717, 1.165) is 27.4 Å². The van der Waals surface area contributed by atoms with E-state index in [1.165, 1.54) is 0 Å². The minimum absolute atomic E-state index is 0.195. The summed E-state index contributed by atoms with van der Waals surface area (Å²) in [5, 5.41) is 2.03. The zero-order chi connectivity index (χ0) is 22.9. The van der Waals surface area contributed by atoms with Crippen molar-refractivity contribution in [2.75, 3.05) is 31.8 Å². The molecule has 33 heavy (non-hydrogen) atoms. The highest BCUT2D eigenvalue weighted by molar-refractivity contribution is 6.09. The number of fused-ring (bicyclic) bond motifs is 4. The molecule has 1 amide bonds. The molecule has 0 fully saturated rings. The average Bonchev–Trinajstić information content (AvgIpc) is 3.22. The zero-order valence-electron chi connectivity index (χ0n) is 18.6. The molecule has 0 saturated heterocycles. The molecule has 7 heteroatoms. The minimum Gasteiger partial charge on any atom is -0.465 e. The number of para-hydroxylation sites is 2. The number of carbonyl (C=O) groups excluding carboxylic acids is 2. The number of carbonyl (C=O) groups is 2. The Morgan fingerprint density at radius 1 is 1.03 bits per heavy atom. The number of benzene rings is 3. The summed E-state index contributed by atoms with van der Waals surface area (Å²) in [6, 6.07) is 21.1. The van der Waals surface area contributed by atoms with Gasteiger partial charge in [-0.25, -0.2) is 4.98 Å². The highest BCUT2D eigenvalue weighted by atomic mass is 16.5. The Hall–Kier alpha value is -3.71. The summed E-state index contributed by atoms with van der Waals surface area (Å²) in [5.41, 5.74) is 2.50. The van der Waals surface area contributed by atoms with E-state index in [0.29, 0.717) is 12.6 Å². The second-order valence-electron chi connectivity index (χ2n) is 8.00. The van der Waals surface area contributed by atoms with Crippen LogP contribution in [0.4, 0.5) is 5.95 Å². The van der Waals surface area contributed by atoms with Crippen LogP contribution in [0.2, 0.25) is 0 Å². The van der Waals surface area contributed by atoms with Crippen molar-refractivity contribution < 1.29 is 19.1 Å². The van der Waals surface area contributed by atoms with Gasteiger partial charge in [-0.2, -0.15) is 0 Å². The van der Waals surface area contributed by atoms with Gasteiger partial charge in [0.25, 0.3) is 0 Å². The number of nitrogens with zero attached hydrogens (tertiary/aromatic N) is 3. The first kappa shape index (κ1) is 21.2. The topological polar surface area (TPSA) is 73.7 Å². The third-order valence-electron chi connectivity index (χ3n) is 6.15. The van der Waals surface area contributed by atoms with Gasteiger partial charge in [-0.3, -0.25) is 14.5 Å². The first-order valence-electron chi connectivity index (χ1n) is 11.1. The Bertz CT molecular complexity index is 1340. The lowest BCUT2D eigenvalue weighted by molar-refractivity contribution is -0.153. The third kappa shape index (κ3) is 3.45. The minimum atomic E-state index is -1.04. The van der Waals surface area contributed by atoms with E-state index < -0.39 is 17.9 Å². The van der Waals surface area contributed by atoms with E-state index in [4.69, 9.17) is 14.5 Å². The van der Waals surface area contributed by atoms with Crippen molar-refractivity contribution in [2.24, 2.45) is 5.92 Å². The van der Waals surface area contributed by atoms with Gasteiger partial charge in [0, 0.05) is 7.11 Å². The molecule has 3 aromatic carbocycles. The van der Waals surface area contributed by atoms with Crippen molar-refractivity contribution in [3.8, 4) is 0 Å². The van der Waals surface area contributed by atoms with Crippen LogP contribution in [0.3, 0.4) is 0 Å². The number of rotatable bonds is 6. The number of methoxy groups -OCH3 is 1. The second kappa shape index (κ2) is 8.67. The normalized spacial score (nSPS) is 18.0. The van der Waals surface area contributed by atoms with Gasteiger partial charge in [-0.1, -0.05) is 54.6 Å². The maximum Gasteiger partial charge on any atom is 0.321 e. The molecule has 0 bridgehead atoms. The van der Waals surface area contributed by atoms with Crippen LogP contribution in [0.1, 0.15) is 18.5 Å². The van der Waals surface area contributed by atoms with Crippen molar-refractivity contribution in [1.82, 2.24) is 9.55 Å². The van der Waals surface area contributed by atoms with Crippen molar-refractivity contribution in [1.29, 1.82) is 0 Å². The smallest absolute Gasteiger partial charge is 0.321 e. The van der Waals surface area contributed by atoms with Crippen LogP contribution in [0, 0.1) is 5.92 Å². The molecule has 0 radical (unpaired) electrons. The van der Waals surface area contributed by atoms with Crippen LogP contribution >= 0.6 is 0 Å². The van der Waals surface area contributed by atoms with Gasteiger partial charge >= 0.3 is 5.97 Å². The molecule has 168 valence electrons. The summed E-state index contributed by atoms with van der Waals surface area (Å²) in [5.74, 6) is -1.40. The van der Waals surface area contributed by atoms with Crippen molar-refractivity contribution in [3.63, 3.8) is 0 Å². The fourth-order valence-corrected chi connectivity index (χ4v) is 4.73. The summed E-state index contributed by atoms with van der Waals surface area (Å²) in [6.07, 6.45) is 0. The van der Waals surface area contributed by atoms with E-state index in [-0.39, 0.29) is 19.1 Å². The van der Waals surface area contributed by atoms with E-state index in [9.17, 15) is 9.59 Å². The lowest BCUT2D eigenvalue weighted by atomic mass is 9.86. The molecule has 1 aromatic heterocycles. The standard InChI is InChI=1S/C26H25N3O4/c1-3-33-25(31)22-23(19-12-8-10-17-9-4-5-11-18(17)19)29-21-14-7-6-13-20(21)27-26(29)28(24(22)30)15-16-32-2/h4-14,22-23H,3,15-16H2,1-2H3/t22-,23+/m0/s1. The zero-order valence-corrected chi connectivity index (χ0v) is 18.6. The van der Waals surface area contributed by atoms with Gasteiger partial charge in [0.15, 0.2) is 5.92 Å². The molecule has 0 spiro atoms. The molecule has 0 aliphatic carbocycles. The van der Waals surface area contributed by atoms with Crippen LogP contribution in [0.25, 0.3) is 21.8 Å². The average molecular weight is 444 g/mol. The van der Waals surface area contributed by atoms with Crippen molar-refractivity contribution >= 4 is 39.6 Å². The maximum absolute atomic E-state index is 13.8. The van der Waals surface area contributed by atoms with Crippen LogP contribution in [0.15, 0.2) is 66.7 Å². The fraction of sp³-hybridized carbons (Fsp3) is 0.269. The third-order valence-corrected chi connectivity index (χ3v) is 6.15. The number of hydrogen-bond acceptors (Lipinski definition) is 5. The van der Waals surface area contributed by atoms with Gasteiger partial charge in [-0.15, -0.1) is 0 Å². The van der Waals surface area contributed by atoms with E-state index >= 15 is 0 Å². The van der Waals surface area contributed by atoms with Crippen molar-refractivity contribution in [3.05, 3.63) is 72.3 Å². The number of hydrogen-bond donors (Lipinski definition) is 0. The molecule has 7 nitrogen and oxygen atoms in total. The first-order chi connectivity index (χ1) is 16.2. The van der Waals surface area contributed by atoms with Gasteiger partial charge in [0.2, 0.25) is 11.9 Å². The fourth-order valence-electron chi connectivity index (χ4n) is 4.73. The molecule has 0 saturated carbocycles. The number of imidazole rings is 1. The quantitative estimate of drug-likeness (QED) is 0.333. The molecule has 4 aromatic rings. The lowest BCUT2D eigenvalue weighted by Crippen LogP contribution is -2.51. The summed E-state index contributed by atoms with van der Waals surface area (Å²) in [4.78, 5) is 33.4. The number of ether oxygens (including phenoxy) is 2. The van der Waals surface area contributed by atoms with Gasteiger partial charge < -0.3 is 14.0 Å². The molecule has 2 atom stereocenters. The number of aromatic nitrogens is 2. The maximum atomic E-state index is 13.8. The van der Waals surface area contributed by atoms with Crippen LogP contribution in [0.5, 0.6) is 0 Å². The summed E-state index contributed by atoms with van der Waals surface area (Å²) in [7, 11) is 1.58. The van der Waals surface area contributed by atoms with Gasteiger partial charge in [-0.05, 0) is 35.4 Å². The molecule has 0 N–H and O–H groups in total. The molecular formula is C26H25N3O4. The molecule has 0 unspecified atom stereocenters. The van der Waals surface area contributed by atoms with Crippen LogP contribution < -0.4 is 4.90 Å². The molecule has 1 aliphatic rings. The number of amides is 1. The molecular weight excluding hydrogens is 418 g/mol. The van der Waals surface area contributed by atoms with Gasteiger partial charge in [0.05, 0.1) is 36.8 Å². The van der Waals surface area contributed by atoms with E-state index in [1.54, 1.807) is 18.9 Å². The van der Waals surface area contributed by atoms with Crippen molar-refractivity contribution in [2.45, 2.75) is 13.0 Å². The Balaban J connectivity index is 1.82. The second-order valence-corrected chi connectivity index (χ2v) is 8.00. The first-order valence-corrected chi connectivity index (χ1v) is 11.1. The molecule has 5 rings (SSSR count). The lowest BCUT2D eigenvalue weighted by Gasteiger charge is -2.38. The SMILES string of the molecule is CCOC(=O)[C@@H]1C(=O)N(CCOC)c2nc3ccccc3n2[C@@H]1c1cccc2ccccc12. The Morgan fingerprint density at radius 3 is 2.61 bits per heavy atom. The largest absolute Gasteiger partial charge is 0.465 e. The van der Waals surface area contributed by atoms with E-state index in [1.807, 2.05) is 71.3 Å². The summed E-state index contributed by atoms with van der Waals surface area (Å²) in [6.45, 7) is 2.56. The molecule has 2 heterocycles. The summed E-state index contributed by atoms with van der Waals surface area (Å²) >= 11 is 0. The van der Waals surface area contributed by atoms with Crippen LogP contribution in [-0.4, -0.2) is 48.3 Å². The number of esters is 1. The predicted octanol–water partition coefficient (Wildman–Crippen LogP) is 3.95. The summed E-state index contributed by atoms with van der Waals surface area (Å²) < 4.78 is 12.7. The Kier molecular flexibility index (Phi) is 5.56. The van der Waals surface area contributed by atoms with E-state index in [2.05, 4.69) is 0 Å². The number of anilines is 1.